The molecule has 0 bridgehead atoms. The third-order valence-electron chi connectivity index (χ3n) is 11.5. The quantitative estimate of drug-likeness (QED) is 0.172. The lowest BCUT2D eigenvalue weighted by molar-refractivity contribution is 0.669. The van der Waals surface area contributed by atoms with Gasteiger partial charge in [0.1, 0.15) is 11.2 Å². The van der Waals surface area contributed by atoms with Gasteiger partial charge in [-0.15, -0.1) is 0 Å². The standard InChI is InChI=1S/C53H35NO/c1-4-14-36(15-5-1)37-24-27-41(28-25-37)54(43-30-33-51-48(35-43)46-21-11-13-23-50(46)55-51)42-29-32-44-38(34-42)26-31-47-45-20-10-12-22-49(45)53(52(44)47,39-16-6-2-7-17-39)40-18-8-3-9-19-40/h1-35H. The summed E-state index contributed by atoms with van der Waals surface area (Å²) in [5, 5.41) is 4.67. The van der Waals surface area contributed by atoms with E-state index in [0.717, 1.165) is 39.0 Å². The molecule has 2 heteroatoms. The Balaban J connectivity index is 1.14. The van der Waals surface area contributed by atoms with Crippen LogP contribution in [0.1, 0.15) is 22.3 Å². The molecule has 0 fully saturated rings. The Bertz CT molecular complexity index is 2980. The van der Waals surface area contributed by atoms with Gasteiger partial charge in [0.25, 0.3) is 0 Å². The summed E-state index contributed by atoms with van der Waals surface area (Å²) < 4.78 is 6.26. The van der Waals surface area contributed by atoms with E-state index in [9.17, 15) is 0 Å². The Morgan fingerprint density at radius 3 is 1.71 bits per heavy atom. The normalized spacial score (nSPS) is 12.9. The average molecular weight is 702 g/mol. The van der Waals surface area contributed by atoms with E-state index in [2.05, 4.69) is 205 Å². The monoisotopic (exact) mass is 701 g/mol. The predicted octanol–water partition coefficient (Wildman–Crippen LogP) is 14.2. The maximum absolute atomic E-state index is 6.26. The van der Waals surface area contributed by atoms with Crippen LogP contribution in [0.3, 0.4) is 0 Å². The first-order chi connectivity index (χ1) is 27.3. The molecule has 1 aromatic heterocycles. The zero-order valence-corrected chi connectivity index (χ0v) is 30.1. The van der Waals surface area contributed by atoms with Gasteiger partial charge in [0.15, 0.2) is 0 Å². The van der Waals surface area contributed by atoms with Crippen LogP contribution in [0.4, 0.5) is 17.1 Å². The van der Waals surface area contributed by atoms with E-state index in [1.165, 1.54) is 55.3 Å². The summed E-state index contributed by atoms with van der Waals surface area (Å²) >= 11 is 0. The maximum atomic E-state index is 6.26. The molecule has 2 nitrogen and oxygen atoms in total. The molecule has 258 valence electrons. The number of hydrogen-bond acceptors (Lipinski definition) is 2. The summed E-state index contributed by atoms with van der Waals surface area (Å²) in [5.41, 5.74) is 14.7. The van der Waals surface area contributed by atoms with Crippen molar-refractivity contribution >= 4 is 49.8 Å². The van der Waals surface area contributed by atoms with Gasteiger partial charge in [0.05, 0.1) is 5.41 Å². The van der Waals surface area contributed by atoms with Crippen LogP contribution in [-0.2, 0) is 5.41 Å². The molecule has 1 heterocycles. The number of nitrogens with zero attached hydrogens (tertiary/aromatic N) is 1. The zero-order chi connectivity index (χ0) is 36.3. The molecule has 0 radical (unpaired) electrons. The average Bonchev–Trinajstić information content (AvgIpc) is 3.79. The second kappa shape index (κ2) is 12.5. The molecule has 0 spiro atoms. The SMILES string of the molecule is c1ccc(-c2ccc(N(c3ccc4c5c(ccc4c3)-c3ccccc3C5(c3ccccc3)c3ccccc3)c3ccc4oc5ccccc5c4c3)cc2)cc1. The van der Waals surface area contributed by atoms with E-state index >= 15 is 0 Å². The molecule has 0 amide bonds. The van der Waals surface area contributed by atoms with Gasteiger partial charge in [-0.2, -0.15) is 0 Å². The van der Waals surface area contributed by atoms with Crippen LogP contribution in [0.15, 0.2) is 217 Å². The van der Waals surface area contributed by atoms with Gasteiger partial charge in [-0.05, 0) is 104 Å². The highest BCUT2D eigenvalue weighted by atomic mass is 16.3. The minimum absolute atomic E-state index is 0.476. The van der Waals surface area contributed by atoms with E-state index in [0.29, 0.717) is 0 Å². The molecule has 10 aromatic rings. The minimum Gasteiger partial charge on any atom is -0.456 e. The van der Waals surface area contributed by atoms with Gasteiger partial charge in [0, 0.05) is 27.8 Å². The van der Waals surface area contributed by atoms with Crippen LogP contribution >= 0.6 is 0 Å². The third kappa shape index (κ3) is 4.82. The molecule has 0 unspecified atom stereocenters. The molecular formula is C53H35NO. The topological polar surface area (TPSA) is 16.4 Å². The smallest absolute Gasteiger partial charge is 0.135 e. The summed E-state index contributed by atoms with van der Waals surface area (Å²) in [4.78, 5) is 2.37. The van der Waals surface area contributed by atoms with Gasteiger partial charge < -0.3 is 9.32 Å². The number of rotatable bonds is 6. The number of benzene rings is 9. The summed E-state index contributed by atoms with van der Waals surface area (Å²) in [6.45, 7) is 0. The molecular weight excluding hydrogens is 667 g/mol. The molecule has 0 aliphatic heterocycles. The van der Waals surface area contributed by atoms with Crippen molar-refractivity contribution in [2.45, 2.75) is 5.41 Å². The highest BCUT2D eigenvalue weighted by Gasteiger charge is 2.47. The number of hydrogen-bond donors (Lipinski definition) is 0. The highest BCUT2D eigenvalue weighted by molar-refractivity contribution is 6.07. The zero-order valence-electron chi connectivity index (χ0n) is 30.1. The molecule has 1 aliphatic rings. The first-order valence-electron chi connectivity index (χ1n) is 18.9. The van der Waals surface area contributed by atoms with Crippen molar-refractivity contribution in [3.63, 3.8) is 0 Å². The first kappa shape index (κ1) is 31.4. The van der Waals surface area contributed by atoms with Crippen molar-refractivity contribution in [3.8, 4) is 22.3 Å². The van der Waals surface area contributed by atoms with E-state index < -0.39 is 5.41 Å². The van der Waals surface area contributed by atoms with Gasteiger partial charge in [-0.25, -0.2) is 0 Å². The van der Waals surface area contributed by atoms with Gasteiger partial charge in [0.2, 0.25) is 0 Å². The largest absolute Gasteiger partial charge is 0.456 e. The van der Waals surface area contributed by atoms with Crippen molar-refractivity contribution in [3.05, 3.63) is 235 Å². The number of anilines is 3. The second-order valence-corrected chi connectivity index (χ2v) is 14.4. The van der Waals surface area contributed by atoms with Gasteiger partial charge in [-0.1, -0.05) is 164 Å². The molecule has 55 heavy (non-hydrogen) atoms. The van der Waals surface area contributed by atoms with Crippen molar-refractivity contribution in [1.82, 2.24) is 0 Å². The highest BCUT2D eigenvalue weighted by Crippen LogP contribution is 2.58. The Kier molecular flexibility index (Phi) is 7.11. The number of para-hydroxylation sites is 1. The molecule has 11 rings (SSSR count). The van der Waals surface area contributed by atoms with E-state index in [-0.39, 0.29) is 0 Å². The number of fused-ring (bicyclic) bond motifs is 8. The predicted molar refractivity (Wildman–Crippen MR) is 229 cm³/mol. The van der Waals surface area contributed by atoms with Crippen molar-refractivity contribution in [2.75, 3.05) is 4.90 Å². The lowest BCUT2D eigenvalue weighted by atomic mass is 9.67. The summed E-state index contributed by atoms with van der Waals surface area (Å²) in [7, 11) is 0. The summed E-state index contributed by atoms with van der Waals surface area (Å²) in [5.74, 6) is 0. The Morgan fingerprint density at radius 2 is 0.945 bits per heavy atom. The molecule has 1 aliphatic carbocycles. The van der Waals surface area contributed by atoms with Gasteiger partial charge >= 0.3 is 0 Å². The minimum atomic E-state index is -0.476. The Hall–Kier alpha value is -7.16. The van der Waals surface area contributed by atoms with E-state index in [4.69, 9.17) is 4.42 Å². The molecule has 0 saturated heterocycles. The van der Waals surface area contributed by atoms with Crippen molar-refractivity contribution in [1.29, 1.82) is 0 Å². The van der Waals surface area contributed by atoms with Crippen LogP contribution < -0.4 is 4.90 Å². The van der Waals surface area contributed by atoms with Crippen molar-refractivity contribution in [2.24, 2.45) is 0 Å². The Labute approximate surface area is 320 Å². The maximum Gasteiger partial charge on any atom is 0.135 e. The Morgan fingerprint density at radius 1 is 0.364 bits per heavy atom. The summed E-state index contributed by atoms with van der Waals surface area (Å²) in [6, 6.07) is 77.1. The van der Waals surface area contributed by atoms with Crippen LogP contribution in [-0.4, -0.2) is 0 Å². The molecule has 0 saturated carbocycles. The fourth-order valence-corrected chi connectivity index (χ4v) is 9.14. The fourth-order valence-electron chi connectivity index (χ4n) is 9.14. The fraction of sp³-hybridized carbons (Fsp3) is 0.0189. The lowest BCUT2D eigenvalue weighted by Gasteiger charge is -2.35. The molecule has 0 atom stereocenters. The molecule has 0 N–H and O–H groups in total. The summed E-state index contributed by atoms with van der Waals surface area (Å²) in [6.07, 6.45) is 0. The second-order valence-electron chi connectivity index (χ2n) is 14.4. The first-order valence-corrected chi connectivity index (χ1v) is 18.9. The van der Waals surface area contributed by atoms with Crippen LogP contribution in [0, 0.1) is 0 Å². The molecule has 9 aromatic carbocycles. The van der Waals surface area contributed by atoms with E-state index in [1.54, 1.807) is 0 Å². The van der Waals surface area contributed by atoms with Crippen LogP contribution in [0.2, 0.25) is 0 Å². The third-order valence-corrected chi connectivity index (χ3v) is 11.5. The number of furan rings is 1. The van der Waals surface area contributed by atoms with E-state index in [1.807, 2.05) is 12.1 Å². The lowest BCUT2D eigenvalue weighted by Crippen LogP contribution is -2.28. The van der Waals surface area contributed by atoms with Gasteiger partial charge in [-0.3, -0.25) is 0 Å². The van der Waals surface area contributed by atoms with Crippen molar-refractivity contribution < 1.29 is 4.42 Å². The van der Waals surface area contributed by atoms with Crippen LogP contribution in [0.5, 0.6) is 0 Å². The van der Waals surface area contributed by atoms with Crippen LogP contribution in [0.25, 0.3) is 55.0 Å².